The van der Waals surface area contributed by atoms with Crippen molar-refractivity contribution in [2.45, 2.75) is 12.8 Å². The molecule has 1 fully saturated rings. The summed E-state index contributed by atoms with van der Waals surface area (Å²) in [7, 11) is 3.19. The van der Waals surface area contributed by atoms with E-state index in [2.05, 4.69) is 0 Å². The van der Waals surface area contributed by atoms with Gasteiger partial charge in [0.15, 0.2) is 11.5 Å². The van der Waals surface area contributed by atoms with Crippen LogP contribution in [0, 0.1) is 0 Å². The number of benzene rings is 2. The Morgan fingerprint density at radius 1 is 0.931 bits per heavy atom. The number of carbonyl (C=O) groups excluding carboxylic acids is 2. The normalized spacial score (nSPS) is 13.9. The maximum atomic E-state index is 12.6. The van der Waals surface area contributed by atoms with E-state index in [1.54, 1.807) is 43.4 Å². The van der Waals surface area contributed by atoms with E-state index in [1.807, 2.05) is 23.1 Å². The van der Waals surface area contributed by atoms with E-state index >= 15 is 0 Å². The van der Waals surface area contributed by atoms with Crippen molar-refractivity contribution < 1.29 is 19.1 Å². The molecule has 2 amide bonds. The van der Waals surface area contributed by atoms with Gasteiger partial charge in [-0.3, -0.25) is 9.59 Å². The summed E-state index contributed by atoms with van der Waals surface area (Å²) in [6, 6.07) is 12.7. The lowest BCUT2D eigenvalue weighted by atomic mass is 10.1. The van der Waals surface area contributed by atoms with Gasteiger partial charge in [0.2, 0.25) is 5.91 Å². The number of piperazine rings is 1. The zero-order valence-corrected chi connectivity index (χ0v) is 17.4. The van der Waals surface area contributed by atoms with Crippen molar-refractivity contribution in [1.29, 1.82) is 0 Å². The summed E-state index contributed by atoms with van der Waals surface area (Å²) in [6.45, 7) is 2.07. The highest BCUT2D eigenvalue weighted by Crippen LogP contribution is 2.28. The molecule has 0 unspecified atom stereocenters. The van der Waals surface area contributed by atoms with Gasteiger partial charge in [0.05, 0.1) is 24.8 Å². The Morgan fingerprint density at radius 3 is 2.24 bits per heavy atom. The average molecular weight is 417 g/mol. The van der Waals surface area contributed by atoms with E-state index in [1.165, 1.54) is 0 Å². The number of carbonyl (C=O) groups is 2. The Labute approximate surface area is 176 Å². The van der Waals surface area contributed by atoms with E-state index in [9.17, 15) is 9.59 Å². The minimum atomic E-state index is -0.0898. The molecule has 29 heavy (non-hydrogen) atoms. The molecular formula is C22H25ClN2O4. The van der Waals surface area contributed by atoms with Crippen LogP contribution in [-0.2, 0) is 11.2 Å². The Kier molecular flexibility index (Phi) is 6.99. The van der Waals surface area contributed by atoms with Gasteiger partial charge in [-0.2, -0.15) is 0 Å². The van der Waals surface area contributed by atoms with Crippen LogP contribution in [0.3, 0.4) is 0 Å². The number of ether oxygens (including phenoxy) is 2. The van der Waals surface area contributed by atoms with E-state index in [0.29, 0.717) is 61.1 Å². The van der Waals surface area contributed by atoms with Gasteiger partial charge in [-0.15, -0.1) is 0 Å². The smallest absolute Gasteiger partial charge is 0.255 e. The molecule has 1 heterocycles. The summed E-state index contributed by atoms with van der Waals surface area (Å²) in [6.07, 6.45) is 1.03. The molecule has 0 bridgehead atoms. The molecule has 2 aromatic carbocycles. The SMILES string of the molecule is COc1ccc(CCC(=O)N2CCN(C(=O)c3ccccc3Cl)CC2)cc1OC. The molecule has 0 radical (unpaired) electrons. The standard InChI is InChI=1S/C22H25ClN2O4/c1-28-19-9-7-16(15-20(19)29-2)8-10-21(26)24-11-13-25(14-12-24)22(27)17-5-3-4-6-18(17)23/h3-7,9,15H,8,10-14H2,1-2H3. The number of hydrogen-bond acceptors (Lipinski definition) is 4. The first-order valence-electron chi connectivity index (χ1n) is 9.56. The second kappa shape index (κ2) is 9.65. The first-order chi connectivity index (χ1) is 14.0. The molecule has 0 aliphatic carbocycles. The highest BCUT2D eigenvalue weighted by atomic mass is 35.5. The largest absolute Gasteiger partial charge is 0.493 e. The maximum Gasteiger partial charge on any atom is 0.255 e. The average Bonchev–Trinajstić information content (AvgIpc) is 2.77. The molecule has 6 nitrogen and oxygen atoms in total. The van der Waals surface area contributed by atoms with E-state index in [-0.39, 0.29) is 11.8 Å². The van der Waals surface area contributed by atoms with Crippen LogP contribution in [0.25, 0.3) is 0 Å². The van der Waals surface area contributed by atoms with Crippen LogP contribution < -0.4 is 9.47 Å². The summed E-state index contributed by atoms with van der Waals surface area (Å²) in [4.78, 5) is 28.8. The Hall–Kier alpha value is -2.73. The molecule has 1 saturated heterocycles. The van der Waals surface area contributed by atoms with Crippen molar-refractivity contribution in [2.75, 3.05) is 40.4 Å². The predicted molar refractivity (Wildman–Crippen MR) is 112 cm³/mol. The van der Waals surface area contributed by atoms with Crippen LogP contribution in [-0.4, -0.2) is 62.0 Å². The fourth-order valence-corrected chi connectivity index (χ4v) is 3.63. The zero-order valence-electron chi connectivity index (χ0n) is 16.7. The van der Waals surface area contributed by atoms with Gasteiger partial charge in [0, 0.05) is 32.6 Å². The third-order valence-electron chi connectivity index (χ3n) is 5.10. The maximum absolute atomic E-state index is 12.6. The molecule has 0 atom stereocenters. The van der Waals surface area contributed by atoms with E-state index < -0.39 is 0 Å². The Bertz CT molecular complexity index is 879. The summed E-state index contributed by atoms with van der Waals surface area (Å²) < 4.78 is 10.6. The first-order valence-corrected chi connectivity index (χ1v) is 9.93. The highest BCUT2D eigenvalue weighted by molar-refractivity contribution is 6.33. The van der Waals surface area contributed by atoms with Crippen LogP contribution >= 0.6 is 11.6 Å². The van der Waals surface area contributed by atoms with Gasteiger partial charge in [-0.1, -0.05) is 29.8 Å². The first kappa shape index (κ1) is 21.0. The van der Waals surface area contributed by atoms with Gasteiger partial charge < -0.3 is 19.3 Å². The summed E-state index contributed by atoms with van der Waals surface area (Å²) in [5.74, 6) is 1.32. The zero-order chi connectivity index (χ0) is 20.8. The van der Waals surface area contributed by atoms with Crippen molar-refractivity contribution >= 4 is 23.4 Å². The van der Waals surface area contributed by atoms with E-state index in [0.717, 1.165) is 5.56 Å². The van der Waals surface area contributed by atoms with Crippen LogP contribution in [0.4, 0.5) is 0 Å². The number of rotatable bonds is 6. The number of nitrogens with zero attached hydrogens (tertiary/aromatic N) is 2. The summed E-state index contributed by atoms with van der Waals surface area (Å²) in [5, 5.41) is 0.450. The van der Waals surface area contributed by atoms with Gasteiger partial charge >= 0.3 is 0 Å². The molecule has 0 spiro atoms. The third-order valence-corrected chi connectivity index (χ3v) is 5.43. The minimum absolute atomic E-state index is 0.0876. The fourth-order valence-electron chi connectivity index (χ4n) is 3.41. The van der Waals surface area contributed by atoms with E-state index in [4.69, 9.17) is 21.1 Å². The number of hydrogen-bond donors (Lipinski definition) is 0. The van der Waals surface area contributed by atoms with Crippen molar-refractivity contribution in [3.63, 3.8) is 0 Å². The van der Waals surface area contributed by atoms with Crippen molar-refractivity contribution in [3.8, 4) is 11.5 Å². The second-order valence-electron chi connectivity index (χ2n) is 6.84. The lowest BCUT2D eigenvalue weighted by Gasteiger charge is -2.35. The molecule has 3 rings (SSSR count). The minimum Gasteiger partial charge on any atom is -0.493 e. The molecule has 0 saturated carbocycles. The number of amides is 2. The highest BCUT2D eigenvalue weighted by Gasteiger charge is 2.25. The Morgan fingerprint density at radius 2 is 1.59 bits per heavy atom. The summed E-state index contributed by atoms with van der Waals surface area (Å²) in [5.41, 5.74) is 1.52. The molecule has 2 aromatic rings. The number of methoxy groups -OCH3 is 2. The molecule has 0 N–H and O–H groups in total. The number of aryl methyl sites for hydroxylation is 1. The number of halogens is 1. The van der Waals surface area contributed by atoms with Crippen molar-refractivity contribution in [3.05, 3.63) is 58.6 Å². The molecule has 154 valence electrons. The molecule has 1 aliphatic rings. The lowest BCUT2D eigenvalue weighted by molar-refractivity contribution is -0.132. The van der Waals surface area contributed by atoms with Gasteiger partial charge in [0.1, 0.15) is 0 Å². The van der Waals surface area contributed by atoms with Gasteiger partial charge in [-0.05, 0) is 36.2 Å². The predicted octanol–water partition coefficient (Wildman–Crippen LogP) is 3.27. The van der Waals surface area contributed by atoms with Crippen LogP contribution in [0.5, 0.6) is 11.5 Å². The molecule has 1 aliphatic heterocycles. The Balaban J connectivity index is 1.51. The second-order valence-corrected chi connectivity index (χ2v) is 7.25. The van der Waals surface area contributed by atoms with Crippen LogP contribution in [0.2, 0.25) is 5.02 Å². The van der Waals surface area contributed by atoms with Gasteiger partial charge in [0.25, 0.3) is 5.91 Å². The monoisotopic (exact) mass is 416 g/mol. The fraction of sp³-hybridized carbons (Fsp3) is 0.364. The lowest BCUT2D eigenvalue weighted by Crippen LogP contribution is -2.50. The van der Waals surface area contributed by atoms with Crippen molar-refractivity contribution in [2.24, 2.45) is 0 Å². The third kappa shape index (κ3) is 5.01. The van der Waals surface area contributed by atoms with Crippen LogP contribution in [0.15, 0.2) is 42.5 Å². The van der Waals surface area contributed by atoms with Crippen LogP contribution in [0.1, 0.15) is 22.3 Å². The van der Waals surface area contributed by atoms with Gasteiger partial charge in [-0.25, -0.2) is 0 Å². The molecule has 0 aromatic heterocycles. The molecular weight excluding hydrogens is 392 g/mol. The quantitative estimate of drug-likeness (QED) is 0.725. The molecule has 7 heteroatoms. The summed E-state index contributed by atoms with van der Waals surface area (Å²) >= 11 is 6.13. The van der Waals surface area contributed by atoms with Crippen molar-refractivity contribution in [1.82, 2.24) is 9.80 Å². The topological polar surface area (TPSA) is 59.1 Å².